The van der Waals surface area contributed by atoms with Crippen molar-refractivity contribution >= 4 is 5.69 Å². The highest BCUT2D eigenvalue weighted by Crippen LogP contribution is 2.52. The van der Waals surface area contributed by atoms with E-state index in [0.29, 0.717) is 12.5 Å². The highest BCUT2D eigenvalue weighted by atomic mass is 14.9. The molecule has 0 atom stereocenters. The van der Waals surface area contributed by atoms with Gasteiger partial charge in [-0.3, -0.25) is 0 Å². The number of nitriles is 1. The third-order valence-electron chi connectivity index (χ3n) is 6.31. The number of rotatable bonds is 4. The summed E-state index contributed by atoms with van der Waals surface area (Å²) in [6.45, 7) is 6.88. The Labute approximate surface area is 158 Å². The lowest BCUT2D eigenvalue weighted by atomic mass is 9.57. The molecule has 3 rings (SSSR count). The van der Waals surface area contributed by atoms with E-state index in [4.69, 9.17) is 0 Å². The first-order valence-corrected chi connectivity index (χ1v) is 9.73. The maximum absolute atomic E-state index is 9.30. The first-order chi connectivity index (χ1) is 12.4. The molecule has 2 aromatic carbocycles. The molecule has 0 bridgehead atoms. The summed E-state index contributed by atoms with van der Waals surface area (Å²) >= 11 is 0. The number of nitrogens with zero attached hydrogens (tertiary/aromatic N) is 1. The quantitative estimate of drug-likeness (QED) is 0.672. The van der Waals surface area contributed by atoms with Crippen LogP contribution in [0.2, 0.25) is 0 Å². The molecule has 0 aliphatic heterocycles. The molecule has 2 aromatic rings. The molecule has 1 fully saturated rings. The summed E-state index contributed by atoms with van der Waals surface area (Å²) in [6.07, 6.45) is 5.21. The molecule has 1 saturated carbocycles. The van der Waals surface area contributed by atoms with Crippen LogP contribution in [0.15, 0.2) is 54.6 Å². The number of benzene rings is 2. The third kappa shape index (κ3) is 3.93. The van der Waals surface area contributed by atoms with Crippen molar-refractivity contribution in [2.75, 3.05) is 5.32 Å². The highest BCUT2D eigenvalue weighted by Gasteiger charge is 2.44. The minimum atomic E-state index is 0.164. The van der Waals surface area contributed by atoms with Gasteiger partial charge >= 0.3 is 0 Å². The van der Waals surface area contributed by atoms with Crippen LogP contribution in [0.25, 0.3) is 11.1 Å². The second-order valence-electron chi connectivity index (χ2n) is 8.73. The Hall–Kier alpha value is -2.27. The van der Waals surface area contributed by atoms with Crippen LogP contribution in [0.3, 0.4) is 0 Å². The number of anilines is 1. The van der Waals surface area contributed by atoms with E-state index in [1.165, 1.54) is 16.8 Å². The molecule has 136 valence electrons. The van der Waals surface area contributed by atoms with Crippen LogP contribution in [0.5, 0.6) is 0 Å². The normalized spacial score (nSPS) is 23.2. The molecule has 0 radical (unpaired) electrons. The SMILES string of the molecule is CC(C)(C)C1(CC#N)CCC(Nc2ccc(-c3ccccc3)cc2)CC1. The Balaban J connectivity index is 1.62. The van der Waals surface area contributed by atoms with Crippen molar-refractivity contribution in [3.8, 4) is 17.2 Å². The zero-order valence-electron chi connectivity index (χ0n) is 16.3. The Bertz CT molecular complexity index is 740. The van der Waals surface area contributed by atoms with Gasteiger partial charge in [-0.05, 0) is 59.8 Å². The van der Waals surface area contributed by atoms with E-state index in [1.54, 1.807) is 0 Å². The van der Waals surface area contributed by atoms with Crippen LogP contribution in [-0.2, 0) is 0 Å². The summed E-state index contributed by atoms with van der Waals surface area (Å²) in [5.74, 6) is 0. The van der Waals surface area contributed by atoms with Gasteiger partial charge in [0.2, 0.25) is 0 Å². The van der Waals surface area contributed by atoms with Gasteiger partial charge in [-0.2, -0.15) is 5.26 Å². The first kappa shape index (κ1) is 18.5. The Morgan fingerprint density at radius 2 is 1.54 bits per heavy atom. The maximum Gasteiger partial charge on any atom is 0.0627 e. The average molecular weight is 347 g/mol. The monoisotopic (exact) mass is 346 g/mol. The summed E-state index contributed by atoms with van der Waals surface area (Å²) in [5.41, 5.74) is 4.05. The van der Waals surface area contributed by atoms with Gasteiger partial charge in [-0.15, -0.1) is 0 Å². The fourth-order valence-electron chi connectivity index (χ4n) is 4.28. The fourth-order valence-corrected chi connectivity index (χ4v) is 4.28. The smallest absolute Gasteiger partial charge is 0.0627 e. The zero-order valence-corrected chi connectivity index (χ0v) is 16.3. The molecule has 0 spiro atoms. The first-order valence-electron chi connectivity index (χ1n) is 9.73. The number of nitrogens with one attached hydrogen (secondary N) is 1. The molecule has 1 aliphatic rings. The predicted molar refractivity (Wildman–Crippen MR) is 110 cm³/mol. The summed E-state index contributed by atoms with van der Waals surface area (Å²) in [4.78, 5) is 0. The van der Waals surface area contributed by atoms with E-state index in [2.05, 4.69) is 80.7 Å². The molecule has 2 nitrogen and oxygen atoms in total. The molecule has 0 unspecified atom stereocenters. The Morgan fingerprint density at radius 1 is 0.962 bits per heavy atom. The van der Waals surface area contributed by atoms with Gasteiger partial charge in [0.05, 0.1) is 6.07 Å². The average Bonchev–Trinajstić information content (AvgIpc) is 2.64. The lowest BCUT2D eigenvalue weighted by Gasteiger charge is -2.48. The van der Waals surface area contributed by atoms with E-state index in [-0.39, 0.29) is 10.8 Å². The second kappa shape index (κ2) is 7.54. The summed E-state index contributed by atoms with van der Waals surface area (Å²) in [5, 5.41) is 13.0. The second-order valence-corrected chi connectivity index (χ2v) is 8.73. The van der Waals surface area contributed by atoms with E-state index >= 15 is 0 Å². The Kier molecular flexibility index (Phi) is 5.37. The van der Waals surface area contributed by atoms with E-state index < -0.39 is 0 Å². The van der Waals surface area contributed by atoms with Gasteiger partial charge in [0, 0.05) is 18.2 Å². The van der Waals surface area contributed by atoms with Crippen molar-refractivity contribution in [2.24, 2.45) is 10.8 Å². The lowest BCUT2D eigenvalue weighted by Crippen LogP contribution is -2.41. The van der Waals surface area contributed by atoms with Crippen molar-refractivity contribution in [1.29, 1.82) is 5.26 Å². The zero-order chi connectivity index (χ0) is 18.6. The third-order valence-corrected chi connectivity index (χ3v) is 6.31. The van der Waals surface area contributed by atoms with E-state index in [0.717, 1.165) is 25.7 Å². The van der Waals surface area contributed by atoms with Crippen LogP contribution in [0.4, 0.5) is 5.69 Å². The van der Waals surface area contributed by atoms with Crippen molar-refractivity contribution in [1.82, 2.24) is 0 Å². The largest absolute Gasteiger partial charge is 0.382 e. The standard InChI is InChI=1S/C24H30N2/c1-23(2,3)24(17-18-25)15-13-22(14-16-24)26-21-11-9-20(10-12-21)19-7-5-4-6-8-19/h4-12,22,26H,13-17H2,1-3H3. The fraction of sp³-hybridized carbons (Fsp3) is 0.458. The maximum atomic E-state index is 9.30. The van der Waals surface area contributed by atoms with Crippen LogP contribution >= 0.6 is 0 Å². The van der Waals surface area contributed by atoms with Crippen LogP contribution in [0.1, 0.15) is 52.9 Å². The number of hydrogen-bond acceptors (Lipinski definition) is 2. The molecule has 0 saturated heterocycles. The van der Waals surface area contributed by atoms with Crippen molar-refractivity contribution in [3.63, 3.8) is 0 Å². The minimum Gasteiger partial charge on any atom is -0.382 e. The van der Waals surface area contributed by atoms with Crippen LogP contribution < -0.4 is 5.32 Å². The molecule has 0 heterocycles. The van der Waals surface area contributed by atoms with Gasteiger partial charge in [0.1, 0.15) is 0 Å². The molecule has 1 aliphatic carbocycles. The lowest BCUT2D eigenvalue weighted by molar-refractivity contribution is 0.0405. The van der Waals surface area contributed by atoms with Crippen LogP contribution in [-0.4, -0.2) is 6.04 Å². The van der Waals surface area contributed by atoms with Crippen molar-refractivity contribution < 1.29 is 0 Å². The van der Waals surface area contributed by atoms with Crippen molar-refractivity contribution in [3.05, 3.63) is 54.6 Å². The van der Waals surface area contributed by atoms with Gasteiger partial charge in [0.25, 0.3) is 0 Å². The minimum absolute atomic E-state index is 0.164. The van der Waals surface area contributed by atoms with E-state index in [9.17, 15) is 5.26 Å². The topological polar surface area (TPSA) is 35.8 Å². The van der Waals surface area contributed by atoms with E-state index in [1.807, 2.05) is 6.07 Å². The van der Waals surface area contributed by atoms with Crippen molar-refractivity contribution in [2.45, 2.75) is 58.9 Å². The molecular formula is C24H30N2. The molecular weight excluding hydrogens is 316 g/mol. The van der Waals surface area contributed by atoms with Gasteiger partial charge < -0.3 is 5.32 Å². The van der Waals surface area contributed by atoms with Gasteiger partial charge in [0.15, 0.2) is 0 Å². The Morgan fingerprint density at radius 3 is 2.08 bits per heavy atom. The van der Waals surface area contributed by atoms with Gasteiger partial charge in [-0.1, -0.05) is 63.2 Å². The molecule has 26 heavy (non-hydrogen) atoms. The summed E-state index contributed by atoms with van der Waals surface area (Å²) in [7, 11) is 0. The molecule has 1 N–H and O–H groups in total. The highest BCUT2D eigenvalue weighted by molar-refractivity contribution is 5.65. The van der Waals surface area contributed by atoms with Gasteiger partial charge in [-0.25, -0.2) is 0 Å². The molecule has 2 heteroatoms. The molecule has 0 aromatic heterocycles. The van der Waals surface area contributed by atoms with Crippen LogP contribution in [0, 0.1) is 22.2 Å². The predicted octanol–water partition coefficient (Wildman–Crippen LogP) is 6.65. The molecule has 0 amide bonds. The number of hydrogen-bond donors (Lipinski definition) is 1. The summed E-state index contributed by atoms with van der Waals surface area (Å²) in [6, 6.07) is 22.2. The summed E-state index contributed by atoms with van der Waals surface area (Å²) < 4.78 is 0.